The molecule has 5 nitrogen and oxygen atoms in total. The minimum atomic E-state index is -3.46. The van der Waals surface area contributed by atoms with Crippen molar-refractivity contribution in [2.75, 3.05) is 25.6 Å². The number of sulfonamides is 1. The number of nitrogens with one attached hydrogen (secondary N) is 2. The van der Waals surface area contributed by atoms with Gasteiger partial charge in [0, 0.05) is 32.0 Å². The summed E-state index contributed by atoms with van der Waals surface area (Å²) in [5.74, 6) is 0. The number of rotatable bonds is 6. The molecule has 1 aromatic rings. The first-order valence-corrected chi connectivity index (χ1v) is 8.39. The SMILES string of the molecule is COCCC(C)NS(=O)(=O)c1ccc2c(c1)CCCN2. The molecular formula is C14H22N2O3S. The predicted molar refractivity (Wildman–Crippen MR) is 79.5 cm³/mol. The lowest BCUT2D eigenvalue weighted by atomic mass is 10.0. The molecule has 112 valence electrons. The van der Waals surface area contributed by atoms with Crippen molar-refractivity contribution in [3.63, 3.8) is 0 Å². The maximum Gasteiger partial charge on any atom is 0.240 e. The van der Waals surface area contributed by atoms with Gasteiger partial charge in [0.1, 0.15) is 0 Å². The lowest BCUT2D eigenvalue weighted by Crippen LogP contribution is -2.33. The van der Waals surface area contributed by atoms with E-state index in [-0.39, 0.29) is 6.04 Å². The molecule has 0 aliphatic carbocycles. The molecule has 6 heteroatoms. The highest BCUT2D eigenvalue weighted by Crippen LogP contribution is 2.25. The number of fused-ring (bicyclic) bond motifs is 1. The first kappa shape index (κ1) is 15.3. The van der Waals surface area contributed by atoms with Crippen LogP contribution in [0.15, 0.2) is 23.1 Å². The van der Waals surface area contributed by atoms with Crippen LogP contribution >= 0.6 is 0 Å². The average molecular weight is 298 g/mol. The highest BCUT2D eigenvalue weighted by atomic mass is 32.2. The maximum absolute atomic E-state index is 12.3. The third-order valence-electron chi connectivity index (χ3n) is 3.44. The molecule has 0 saturated heterocycles. The summed E-state index contributed by atoms with van der Waals surface area (Å²) in [6.07, 6.45) is 2.61. The van der Waals surface area contributed by atoms with Crippen LogP contribution in [0.2, 0.25) is 0 Å². The molecule has 0 spiro atoms. The van der Waals surface area contributed by atoms with E-state index in [1.54, 1.807) is 19.2 Å². The molecule has 0 bridgehead atoms. The Hall–Kier alpha value is -1.11. The molecule has 1 unspecified atom stereocenters. The molecule has 1 aliphatic heterocycles. The predicted octanol–water partition coefficient (Wildman–Crippen LogP) is 1.75. The van der Waals surface area contributed by atoms with Crippen LogP contribution in [0, 0.1) is 0 Å². The molecule has 2 rings (SSSR count). The van der Waals surface area contributed by atoms with E-state index in [1.165, 1.54) is 0 Å². The van der Waals surface area contributed by atoms with E-state index in [1.807, 2.05) is 13.0 Å². The first-order chi connectivity index (χ1) is 9.53. The largest absolute Gasteiger partial charge is 0.385 e. The van der Waals surface area contributed by atoms with Crippen LogP contribution in [-0.4, -0.2) is 34.7 Å². The van der Waals surface area contributed by atoms with Crippen molar-refractivity contribution in [1.29, 1.82) is 0 Å². The Labute approximate surface area is 120 Å². The van der Waals surface area contributed by atoms with Crippen molar-refractivity contribution in [2.24, 2.45) is 0 Å². The van der Waals surface area contributed by atoms with Crippen LogP contribution in [0.1, 0.15) is 25.3 Å². The summed E-state index contributed by atoms with van der Waals surface area (Å²) < 4.78 is 32.3. The normalized spacial score (nSPS) is 16.3. The van der Waals surface area contributed by atoms with Gasteiger partial charge in [-0.25, -0.2) is 13.1 Å². The smallest absolute Gasteiger partial charge is 0.240 e. The molecular weight excluding hydrogens is 276 g/mol. The summed E-state index contributed by atoms with van der Waals surface area (Å²) >= 11 is 0. The molecule has 0 amide bonds. The minimum Gasteiger partial charge on any atom is -0.385 e. The van der Waals surface area contributed by atoms with E-state index in [0.717, 1.165) is 30.6 Å². The van der Waals surface area contributed by atoms with Crippen molar-refractivity contribution in [2.45, 2.75) is 37.1 Å². The van der Waals surface area contributed by atoms with E-state index in [0.29, 0.717) is 17.9 Å². The lowest BCUT2D eigenvalue weighted by molar-refractivity contribution is 0.188. The van der Waals surface area contributed by atoms with Crippen LogP contribution in [0.3, 0.4) is 0 Å². The molecule has 1 aromatic carbocycles. The number of methoxy groups -OCH3 is 1. The highest BCUT2D eigenvalue weighted by Gasteiger charge is 2.19. The van der Waals surface area contributed by atoms with Crippen LogP contribution < -0.4 is 10.0 Å². The Morgan fingerprint density at radius 3 is 3.00 bits per heavy atom. The van der Waals surface area contributed by atoms with Crippen molar-refractivity contribution in [3.05, 3.63) is 23.8 Å². The number of aryl methyl sites for hydroxylation is 1. The van der Waals surface area contributed by atoms with E-state index in [9.17, 15) is 8.42 Å². The van der Waals surface area contributed by atoms with Crippen molar-refractivity contribution >= 4 is 15.7 Å². The fraction of sp³-hybridized carbons (Fsp3) is 0.571. The molecule has 1 aliphatic rings. The summed E-state index contributed by atoms with van der Waals surface area (Å²) in [7, 11) is -1.85. The van der Waals surface area contributed by atoms with E-state index >= 15 is 0 Å². The zero-order valence-electron chi connectivity index (χ0n) is 12.0. The second-order valence-corrected chi connectivity index (χ2v) is 6.87. The highest BCUT2D eigenvalue weighted by molar-refractivity contribution is 7.89. The third kappa shape index (κ3) is 3.71. The molecule has 1 atom stereocenters. The molecule has 20 heavy (non-hydrogen) atoms. The van der Waals surface area contributed by atoms with Gasteiger partial charge in [-0.1, -0.05) is 0 Å². The second kappa shape index (κ2) is 6.56. The zero-order chi connectivity index (χ0) is 14.6. The molecule has 1 heterocycles. The Balaban J connectivity index is 2.13. The van der Waals surface area contributed by atoms with Gasteiger partial charge in [0.05, 0.1) is 4.90 Å². The number of anilines is 1. The Morgan fingerprint density at radius 2 is 2.25 bits per heavy atom. The van der Waals surface area contributed by atoms with Crippen LogP contribution in [0.5, 0.6) is 0 Å². The number of benzene rings is 1. The summed E-state index contributed by atoms with van der Waals surface area (Å²) in [6, 6.07) is 5.13. The summed E-state index contributed by atoms with van der Waals surface area (Å²) in [4.78, 5) is 0.337. The van der Waals surface area contributed by atoms with Gasteiger partial charge in [0.15, 0.2) is 0 Å². The molecule has 0 aromatic heterocycles. The van der Waals surface area contributed by atoms with Crippen molar-refractivity contribution in [3.8, 4) is 0 Å². The van der Waals surface area contributed by atoms with Gasteiger partial charge in [0.2, 0.25) is 10.0 Å². The Kier molecular flexibility index (Phi) is 5.01. The van der Waals surface area contributed by atoms with Gasteiger partial charge in [-0.2, -0.15) is 0 Å². The Morgan fingerprint density at radius 1 is 1.45 bits per heavy atom. The number of hydrogen-bond donors (Lipinski definition) is 2. The first-order valence-electron chi connectivity index (χ1n) is 6.91. The van der Waals surface area contributed by atoms with Crippen LogP contribution in [0.25, 0.3) is 0 Å². The summed E-state index contributed by atoms with van der Waals surface area (Å²) in [6.45, 7) is 3.33. The van der Waals surface area contributed by atoms with Crippen LogP contribution in [-0.2, 0) is 21.2 Å². The minimum absolute atomic E-state index is 0.144. The zero-order valence-corrected chi connectivity index (χ0v) is 12.8. The van der Waals surface area contributed by atoms with Crippen LogP contribution in [0.4, 0.5) is 5.69 Å². The van der Waals surface area contributed by atoms with E-state index in [4.69, 9.17) is 4.74 Å². The average Bonchev–Trinajstić information content (AvgIpc) is 2.44. The van der Waals surface area contributed by atoms with E-state index < -0.39 is 10.0 Å². The quantitative estimate of drug-likeness (QED) is 0.839. The van der Waals surface area contributed by atoms with Gasteiger partial charge in [-0.05, 0) is 49.9 Å². The Bertz CT molecular complexity index is 558. The maximum atomic E-state index is 12.3. The molecule has 0 fully saturated rings. The number of ether oxygens (including phenoxy) is 1. The van der Waals surface area contributed by atoms with Gasteiger partial charge in [-0.15, -0.1) is 0 Å². The van der Waals surface area contributed by atoms with Gasteiger partial charge in [0.25, 0.3) is 0 Å². The fourth-order valence-corrected chi connectivity index (χ4v) is 3.63. The van der Waals surface area contributed by atoms with Crippen molar-refractivity contribution < 1.29 is 13.2 Å². The second-order valence-electron chi connectivity index (χ2n) is 5.15. The standard InChI is InChI=1S/C14H22N2O3S/c1-11(7-9-19-2)16-20(17,18)13-5-6-14-12(10-13)4-3-8-15-14/h5-6,10-11,15-16H,3-4,7-9H2,1-2H3. The van der Waals surface area contributed by atoms with Crippen molar-refractivity contribution in [1.82, 2.24) is 4.72 Å². The third-order valence-corrected chi connectivity index (χ3v) is 5.02. The van der Waals surface area contributed by atoms with Gasteiger partial charge >= 0.3 is 0 Å². The molecule has 2 N–H and O–H groups in total. The van der Waals surface area contributed by atoms with E-state index in [2.05, 4.69) is 10.0 Å². The molecule has 0 radical (unpaired) electrons. The fourth-order valence-electron chi connectivity index (χ4n) is 2.30. The molecule has 0 saturated carbocycles. The topological polar surface area (TPSA) is 67.4 Å². The summed E-state index contributed by atoms with van der Waals surface area (Å²) in [5, 5.41) is 3.28. The summed E-state index contributed by atoms with van der Waals surface area (Å²) in [5.41, 5.74) is 2.12. The van der Waals surface area contributed by atoms with Gasteiger partial charge < -0.3 is 10.1 Å². The lowest BCUT2D eigenvalue weighted by Gasteiger charge is -2.19. The van der Waals surface area contributed by atoms with Gasteiger partial charge in [-0.3, -0.25) is 0 Å². The monoisotopic (exact) mass is 298 g/mol. The number of hydrogen-bond acceptors (Lipinski definition) is 4.